The molecule has 0 unspecified atom stereocenters. The third-order valence-electron chi connectivity index (χ3n) is 0.284. The number of allylic oxidation sites excluding steroid dienone is 1. The van der Waals surface area contributed by atoms with E-state index in [0.29, 0.717) is 0 Å². The summed E-state index contributed by atoms with van der Waals surface area (Å²) >= 11 is 4.34. The molecule has 40 valence electrons. The fraction of sp³-hybridized carbons (Fsp3) is 0. The maximum absolute atomic E-state index is 11.3. The van der Waals surface area contributed by atoms with Crippen LogP contribution in [-0.2, 0) is 4.79 Å². The zero-order valence-electron chi connectivity index (χ0n) is 3.12. The molecule has 0 aromatic heterocycles. The van der Waals surface area contributed by atoms with Crippen molar-refractivity contribution in [3.05, 3.63) is 11.1 Å². The van der Waals surface area contributed by atoms with Gasteiger partial charge in [-0.3, -0.25) is 4.79 Å². The first-order chi connectivity index (χ1) is 3.18. The fourth-order valence-electron chi connectivity index (χ4n) is 0.0445. The Morgan fingerprint density at radius 1 is 1.57 bits per heavy atom. The summed E-state index contributed by atoms with van der Waals surface area (Å²) in [6.07, 6.45) is -0.303. The zero-order chi connectivity index (χ0) is 5.86. The monoisotopic (exact) mass is 126 g/mol. The Morgan fingerprint density at radius 3 is 2.00 bits per heavy atom. The highest BCUT2D eigenvalue weighted by molar-refractivity contribution is 6.29. The first-order valence-corrected chi connectivity index (χ1v) is 1.72. The van der Waals surface area contributed by atoms with E-state index >= 15 is 0 Å². The van der Waals surface area contributed by atoms with E-state index in [9.17, 15) is 13.6 Å². The molecule has 0 radical (unpaired) electrons. The van der Waals surface area contributed by atoms with Crippen LogP contribution in [0, 0.1) is 0 Å². The molecule has 0 bridgehead atoms. The van der Waals surface area contributed by atoms with Crippen molar-refractivity contribution in [2.45, 2.75) is 0 Å². The van der Waals surface area contributed by atoms with E-state index in [1.54, 1.807) is 0 Å². The highest BCUT2D eigenvalue weighted by Crippen LogP contribution is 2.08. The number of hydrogen-bond donors (Lipinski definition) is 0. The second-order valence-electron chi connectivity index (χ2n) is 0.726. The maximum atomic E-state index is 11.3. The van der Waals surface area contributed by atoms with E-state index < -0.39 is 11.1 Å². The van der Waals surface area contributed by atoms with Crippen LogP contribution >= 0.6 is 11.6 Å². The predicted octanol–water partition coefficient (Wildman–Crippen LogP) is 1.53. The van der Waals surface area contributed by atoms with Crippen molar-refractivity contribution in [2.24, 2.45) is 0 Å². The van der Waals surface area contributed by atoms with Gasteiger partial charge in [0, 0.05) is 0 Å². The zero-order valence-corrected chi connectivity index (χ0v) is 3.88. The van der Waals surface area contributed by atoms with E-state index in [1.165, 1.54) is 0 Å². The molecular weight excluding hydrogens is 125 g/mol. The van der Waals surface area contributed by atoms with Crippen molar-refractivity contribution in [2.75, 3.05) is 0 Å². The first kappa shape index (κ1) is 6.56. The minimum atomic E-state index is -1.60. The van der Waals surface area contributed by atoms with E-state index in [1.807, 2.05) is 0 Å². The van der Waals surface area contributed by atoms with Crippen LogP contribution in [0.25, 0.3) is 0 Å². The van der Waals surface area contributed by atoms with Crippen LogP contribution in [0.5, 0.6) is 0 Å². The van der Waals surface area contributed by atoms with Crippen molar-refractivity contribution in [3.63, 3.8) is 0 Å². The number of aldehydes is 1. The maximum Gasteiger partial charge on any atom is 0.228 e. The molecule has 0 saturated heterocycles. The lowest BCUT2D eigenvalue weighted by Gasteiger charge is -1.74. The Bertz CT molecular complexity index is 106. The van der Waals surface area contributed by atoms with E-state index in [-0.39, 0.29) is 6.29 Å². The standard InChI is InChI=1S/C3HClF2O/c4-3(6)2(5)1-7/h1H. The van der Waals surface area contributed by atoms with E-state index in [4.69, 9.17) is 0 Å². The summed E-state index contributed by atoms with van der Waals surface area (Å²) in [5, 5.41) is -1.60. The highest BCUT2D eigenvalue weighted by atomic mass is 35.5. The van der Waals surface area contributed by atoms with Gasteiger partial charge in [-0.15, -0.1) is 0 Å². The summed E-state index contributed by atoms with van der Waals surface area (Å²) < 4.78 is 22.4. The lowest BCUT2D eigenvalue weighted by molar-refractivity contribution is -0.106. The van der Waals surface area contributed by atoms with Gasteiger partial charge in [0.1, 0.15) is 0 Å². The Labute approximate surface area is 43.6 Å². The van der Waals surface area contributed by atoms with Gasteiger partial charge in [-0.25, -0.2) is 0 Å². The van der Waals surface area contributed by atoms with Gasteiger partial charge in [-0.1, -0.05) is 0 Å². The molecule has 0 saturated carbocycles. The third-order valence-corrected chi connectivity index (χ3v) is 0.465. The summed E-state index contributed by atoms with van der Waals surface area (Å²) in [6, 6.07) is 0. The highest BCUT2D eigenvalue weighted by Gasteiger charge is 1.96. The molecule has 0 aliphatic rings. The van der Waals surface area contributed by atoms with Gasteiger partial charge in [0.2, 0.25) is 11.1 Å². The summed E-state index contributed by atoms with van der Waals surface area (Å²) in [7, 11) is 0. The Morgan fingerprint density at radius 2 is 2.00 bits per heavy atom. The number of carbonyl (C=O) groups is 1. The predicted molar refractivity (Wildman–Crippen MR) is 21.2 cm³/mol. The normalized spacial score (nSPS) is 13.0. The molecule has 0 heterocycles. The Kier molecular flexibility index (Phi) is 2.52. The van der Waals surface area contributed by atoms with Crippen molar-refractivity contribution < 1.29 is 13.6 Å². The van der Waals surface area contributed by atoms with Crippen molar-refractivity contribution in [3.8, 4) is 0 Å². The van der Waals surface area contributed by atoms with Gasteiger partial charge >= 0.3 is 0 Å². The van der Waals surface area contributed by atoms with Crippen molar-refractivity contribution in [1.29, 1.82) is 0 Å². The third kappa shape index (κ3) is 2.28. The SMILES string of the molecule is O=CC(F)=C(F)Cl. The van der Waals surface area contributed by atoms with Crippen LogP contribution in [0.1, 0.15) is 0 Å². The molecule has 0 rings (SSSR count). The largest absolute Gasteiger partial charge is 0.295 e. The van der Waals surface area contributed by atoms with Gasteiger partial charge in [-0.2, -0.15) is 8.78 Å². The molecule has 4 heteroatoms. The van der Waals surface area contributed by atoms with Crippen LogP contribution in [-0.4, -0.2) is 6.29 Å². The molecule has 0 spiro atoms. The van der Waals surface area contributed by atoms with Crippen LogP contribution in [0.4, 0.5) is 8.78 Å². The van der Waals surface area contributed by atoms with Crippen molar-refractivity contribution in [1.82, 2.24) is 0 Å². The smallest absolute Gasteiger partial charge is 0.228 e. The van der Waals surface area contributed by atoms with Crippen LogP contribution in [0.2, 0.25) is 0 Å². The molecule has 0 fully saturated rings. The molecule has 0 aromatic carbocycles. The number of carbonyl (C=O) groups excluding carboxylic acids is 1. The molecule has 0 amide bonds. The lowest BCUT2D eigenvalue weighted by Crippen LogP contribution is -1.71. The van der Waals surface area contributed by atoms with E-state index in [0.717, 1.165) is 0 Å². The number of rotatable bonds is 1. The Hall–Kier alpha value is -0.440. The van der Waals surface area contributed by atoms with Gasteiger partial charge < -0.3 is 0 Å². The minimum Gasteiger partial charge on any atom is -0.295 e. The molecule has 0 N–H and O–H groups in total. The van der Waals surface area contributed by atoms with Gasteiger partial charge in [0.15, 0.2) is 6.29 Å². The summed E-state index contributed by atoms with van der Waals surface area (Å²) in [5.41, 5.74) is 0. The molecule has 0 aliphatic carbocycles. The number of hydrogen-bond acceptors (Lipinski definition) is 1. The Balaban J connectivity index is 3.98. The van der Waals surface area contributed by atoms with Gasteiger partial charge in [-0.05, 0) is 11.6 Å². The topological polar surface area (TPSA) is 17.1 Å². The molecule has 7 heavy (non-hydrogen) atoms. The lowest BCUT2D eigenvalue weighted by atomic mass is 10.7. The second kappa shape index (κ2) is 2.69. The fourth-order valence-corrected chi connectivity index (χ4v) is 0.0891. The molecule has 0 aromatic rings. The summed E-state index contributed by atoms with van der Waals surface area (Å²) in [4.78, 5) is 9.19. The van der Waals surface area contributed by atoms with Crippen LogP contribution in [0.3, 0.4) is 0 Å². The second-order valence-corrected chi connectivity index (χ2v) is 1.06. The molecule has 0 atom stereocenters. The van der Waals surface area contributed by atoms with Crippen molar-refractivity contribution >= 4 is 17.9 Å². The molecule has 1 nitrogen and oxygen atoms in total. The number of halogens is 3. The van der Waals surface area contributed by atoms with E-state index in [2.05, 4.69) is 11.6 Å². The average Bonchev–Trinajstić information content (AvgIpc) is 1.65. The quantitative estimate of drug-likeness (QED) is 0.385. The molecule has 0 aliphatic heterocycles. The van der Waals surface area contributed by atoms with Crippen LogP contribution < -0.4 is 0 Å². The summed E-state index contributed by atoms with van der Waals surface area (Å²) in [5.74, 6) is -1.57. The van der Waals surface area contributed by atoms with Gasteiger partial charge in [0.25, 0.3) is 0 Å². The summed E-state index contributed by atoms with van der Waals surface area (Å²) in [6.45, 7) is 0. The van der Waals surface area contributed by atoms with Gasteiger partial charge in [0.05, 0.1) is 0 Å². The average molecular weight is 126 g/mol. The first-order valence-electron chi connectivity index (χ1n) is 1.34. The minimum absolute atomic E-state index is 0.303. The molecular formula is C3HClF2O. The van der Waals surface area contributed by atoms with Crippen LogP contribution in [0.15, 0.2) is 11.1 Å².